The average molecular weight is 433 g/mol. The smallest absolute Gasteiger partial charge is 0.224 e. The van der Waals surface area contributed by atoms with Crippen molar-refractivity contribution in [2.75, 3.05) is 19.6 Å². The van der Waals surface area contributed by atoms with Crippen LogP contribution in [-0.2, 0) is 24.4 Å². The van der Waals surface area contributed by atoms with Gasteiger partial charge in [-0.1, -0.05) is 30.3 Å². The van der Waals surface area contributed by atoms with E-state index >= 15 is 0 Å². The minimum absolute atomic E-state index is 0.159. The summed E-state index contributed by atoms with van der Waals surface area (Å²) >= 11 is 0. The maximum atomic E-state index is 13.1. The van der Waals surface area contributed by atoms with E-state index in [9.17, 15) is 4.79 Å². The van der Waals surface area contributed by atoms with E-state index in [0.717, 1.165) is 44.6 Å². The van der Waals surface area contributed by atoms with Crippen LogP contribution in [0.5, 0.6) is 0 Å². The lowest BCUT2D eigenvalue weighted by molar-refractivity contribution is -0.133. The monoisotopic (exact) mass is 432 g/mol. The number of aryl methyl sites for hydroxylation is 2. The highest BCUT2D eigenvalue weighted by molar-refractivity contribution is 5.76. The van der Waals surface area contributed by atoms with Crippen molar-refractivity contribution < 1.29 is 4.79 Å². The minimum Gasteiger partial charge on any atom is -0.338 e. The van der Waals surface area contributed by atoms with Crippen molar-refractivity contribution in [1.29, 1.82) is 0 Å². The van der Waals surface area contributed by atoms with Crippen LogP contribution >= 0.6 is 0 Å². The molecule has 1 amide bonds. The summed E-state index contributed by atoms with van der Waals surface area (Å²) in [6.45, 7) is 7.30. The predicted molar refractivity (Wildman–Crippen MR) is 123 cm³/mol. The third-order valence-corrected chi connectivity index (χ3v) is 6.31. The molecule has 3 heterocycles. The zero-order valence-corrected chi connectivity index (χ0v) is 18.8. The van der Waals surface area contributed by atoms with E-state index in [1.165, 1.54) is 17.5 Å². The molecule has 1 fully saturated rings. The molecule has 1 aromatic carbocycles. The van der Waals surface area contributed by atoms with Gasteiger partial charge >= 0.3 is 0 Å². The molecule has 0 saturated carbocycles. The molecule has 0 N–H and O–H groups in total. The normalized spacial score (nSPS) is 15.0. The van der Waals surface area contributed by atoms with Gasteiger partial charge in [0.25, 0.3) is 0 Å². The number of rotatable bonds is 9. The molecule has 2 aromatic heterocycles. The molecule has 0 bridgehead atoms. The largest absolute Gasteiger partial charge is 0.338 e. The lowest BCUT2D eigenvalue weighted by Gasteiger charge is -2.35. The van der Waals surface area contributed by atoms with Crippen LogP contribution in [0.1, 0.15) is 36.0 Å². The molecule has 32 heavy (non-hydrogen) atoms. The number of amides is 1. The van der Waals surface area contributed by atoms with Gasteiger partial charge in [-0.2, -0.15) is 5.10 Å². The first kappa shape index (κ1) is 22.1. The molecular formula is C25H32N6O. The van der Waals surface area contributed by atoms with Crippen molar-refractivity contribution in [3.63, 3.8) is 0 Å². The van der Waals surface area contributed by atoms with Gasteiger partial charge in [0.1, 0.15) is 12.7 Å². The maximum Gasteiger partial charge on any atom is 0.224 e. The molecule has 0 unspecified atom stereocenters. The quantitative estimate of drug-likeness (QED) is 0.519. The fourth-order valence-corrected chi connectivity index (χ4v) is 4.35. The molecule has 1 saturated heterocycles. The second-order valence-electron chi connectivity index (χ2n) is 8.69. The Hall–Kier alpha value is -3.06. The molecular weight excluding hydrogens is 400 g/mol. The summed E-state index contributed by atoms with van der Waals surface area (Å²) in [5.41, 5.74) is 3.83. The summed E-state index contributed by atoms with van der Waals surface area (Å²) < 4.78 is 1.71. The number of nitrogens with zero attached hydrogens (tertiary/aromatic N) is 6. The van der Waals surface area contributed by atoms with Crippen LogP contribution in [0.2, 0.25) is 0 Å². The predicted octanol–water partition coefficient (Wildman–Crippen LogP) is 3.31. The van der Waals surface area contributed by atoms with Gasteiger partial charge in [0.2, 0.25) is 5.91 Å². The van der Waals surface area contributed by atoms with E-state index in [1.54, 1.807) is 17.2 Å². The van der Waals surface area contributed by atoms with Crippen LogP contribution in [0.25, 0.3) is 0 Å². The van der Waals surface area contributed by atoms with Gasteiger partial charge in [0.15, 0.2) is 0 Å². The minimum atomic E-state index is 0.159. The van der Waals surface area contributed by atoms with Crippen LogP contribution in [-0.4, -0.2) is 55.1 Å². The Labute approximate surface area is 190 Å². The molecule has 4 rings (SSSR count). The highest BCUT2D eigenvalue weighted by atomic mass is 16.2. The van der Waals surface area contributed by atoms with Crippen molar-refractivity contribution in [3.05, 3.63) is 78.1 Å². The summed E-state index contributed by atoms with van der Waals surface area (Å²) in [5, 5.41) is 4.12. The van der Waals surface area contributed by atoms with Gasteiger partial charge in [-0.3, -0.25) is 19.4 Å². The number of hydrogen-bond donors (Lipinski definition) is 0. The summed E-state index contributed by atoms with van der Waals surface area (Å²) in [5.74, 6) is 0.682. The Balaban J connectivity index is 1.33. The van der Waals surface area contributed by atoms with Crippen molar-refractivity contribution in [1.82, 2.24) is 29.5 Å². The Morgan fingerprint density at radius 2 is 1.97 bits per heavy atom. The zero-order chi connectivity index (χ0) is 22.2. The Morgan fingerprint density at radius 3 is 2.69 bits per heavy atom. The van der Waals surface area contributed by atoms with Crippen LogP contribution in [0.4, 0.5) is 0 Å². The van der Waals surface area contributed by atoms with Crippen LogP contribution in [0, 0.1) is 12.8 Å². The maximum absolute atomic E-state index is 13.1. The number of benzene rings is 1. The Bertz CT molecular complexity index is 967. The SMILES string of the molecule is Cc1ccccc1CN1CCC(CN(Cc2cccnc2)C(=O)CCn2cncn2)CC1. The highest BCUT2D eigenvalue weighted by Crippen LogP contribution is 2.22. The third kappa shape index (κ3) is 6.23. The van der Waals surface area contributed by atoms with Gasteiger partial charge in [-0.05, 0) is 61.5 Å². The summed E-state index contributed by atoms with van der Waals surface area (Å²) in [6.07, 6.45) is 9.44. The molecule has 0 atom stereocenters. The molecule has 3 aromatic rings. The van der Waals surface area contributed by atoms with Gasteiger partial charge in [0.05, 0.1) is 6.54 Å². The molecule has 1 aliphatic rings. The molecule has 0 spiro atoms. The second-order valence-corrected chi connectivity index (χ2v) is 8.69. The van der Waals surface area contributed by atoms with E-state index in [4.69, 9.17) is 0 Å². The number of aromatic nitrogens is 4. The summed E-state index contributed by atoms with van der Waals surface area (Å²) in [4.78, 5) is 25.8. The Kier molecular flexibility index (Phi) is 7.61. The molecule has 7 heteroatoms. The Morgan fingerprint density at radius 1 is 1.12 bits per heavy atom. The zero-order valence-electron chi connectivity index (χ0n) is 18.8. The first-order valence-corrected chi connectivity index (χ1v) is 11.4. The van der Waals surface area contributed by atoms with Crippen molar-refractivity contribution in [2.45, 2.75) is 45.8 Å². The number of carbonyl (C=O) groups excluding carboxylic acids is 1. The van der Waals surface area contributed by atoms with Crippen molar-refractivity contribution in [3.8, 4) is 0 Å². The molecule has 168 valence electrons. The van der Waals surface area contributed by atoms with E-state index in [0.29, 0.717) is 25.4 Å². The fourth-order valence-electron chi connectivity index (χ4n) is 4.35. The number of hydrogen-bond acceptors (Lipinski definition) is 5. The fraction of sp³-hybridized carbons (Fsp3) is 0.440. The second kappa shape index (κ2) is 11.0. The van der Waals surface area contributed by atoms with Gasteiger partial charge < -0.3 is 4.90 Å². The molecule has 0 radical (unpaired) electrons. The molecule has 7 nitrogen and oxygen atoms in total. The molecule has 0 aliphatic carbocycles. The lowest BCUT2D eigenvalue weighted by Crippen LogP contribution is -2.40. The third-order valence-electron chi connectivity index (χ3n) is 6.31. The van der Waals surface area contributed by atoms with Gasteiger partial charge in [-0.15, -0.1) is 0 Å². The van der Waals surface area contributed by atoms with Crippen LogP contribution in [0.15, 0.2) is 61.4 Å². The number of carbonyl (C=O) groups is 1. The van der Waals surface area contributed by atoms with Crippen molar-refractivity contribution in [2.24, 2.45) is 5.92 Å². The van der Waals surface area contributed by atoms with Gasteiger partial charge in [-0.25, -0.2) is 4.98 Å². The first-order valence-electron chi connectivity index (χ1n) is 11.4. The summed E-state index contributed by atoms with van der Waals surface area (Å²) in [7, 11) is 0. The van der Waals surface area contributed by atoms with Crippen LogP contribution < -0.4 is 0 Å². The summed E-state index contributed by atoms with van der Waals surface area (Å²) in [6, 6.07) is 12.6. The average Bonchev–Trinajstić information content (AvgIpc) is 3.34. The van der Waals surface area contributed by atoms with E-state index in [-0.39, 0.29) is 5.91 Å². The standard InChI is InChI=1S/C25H32N6O/c1-21-5-2-3-7-24(21)18-29-12-8-22(9-13-29)16-30(17-23-6-4-11-26-15-23)25(32)10-14-31-20-27-19-28-31/h2-7,11,15,19-20,22H,8-10,12-14,16-18H2,1H3. The van der Waals surface area contributed by atoms with E-state index < -0.39 is 0 Å². The number of likely N-dealkylation sites (tertiary alicyclic amines) is 1. The lowest BCUT2D eigenvalue weighted by atomic mass is 9.95. The first-order chi connectivity index (χ1) is 15.7. The topological polar surface area (TPSA) is 67.2 Å². The molecule has 1 aliphatic heterocycles. The van der Waals surface area contributed by atoms with E-state index in [2.05, 4.69) is 51.2 Å². The van der Waals surface area contributed by atoms with Gasteiger partial charge in [0, 0.05) is 38.4 Å². The number of piperidine rings is 1. The highest BCUT2D eigenvalue weighted by Gasteiger charge is 2.24. The number of pyridine rings is 1. The van der Waals surface area contributed by atoms with Crippen LogP contribution in [0.3, 0.4) is 0 Å². The van der Waals surface area contributed by atoms with E-state index in [1.807, 2.05) is 23.2 Å². The van der Waals surface area contributed by atoms with Crippen molar-refractivity contribution >= 4 is 5.91 Å².